The van der Waals surface area contributed by atoms with Gasteiger partial charge in [-0.15, -0.1) is 0 Å². The fourth-order valence-electron chi connectivity index (χ4n) is 15.3. The number of nitrogens with one attached hydrogen (secondary N) is 1. The monoisotopic (exact) mass is 1230 g/mol. The average molecular weight is 1230 g/mol. The highest BCUT2D eigenvalue weighted by atomic mass is 16.3. The van der Waals surface area contributed by atoms with E-state index in [9.17, 15) is 5.41 Å². The molecule has 1 aliphatic heterocycles. The highest BCUT2D eigenvalue weighted by Gasteiger charge is 2.29. The number of hydrogen-bond acceptors (Lipinski definition) is 5. The van der Waals surface area contributed by atoms with E-state index < -0.39 is 0 Å². The van der Waals surface area contributed by atoms with Gasteiger partial charge in [-0.2, -0.15) is 10.1 Å². The summed E-state index contributed by atoms with van der Waals surface area (Å²) in [4.78, 5) is 10.7. The van der Waals surface area contributed by atoms with Crippen molar-refractivity contribution in [2.24, 2.45) is 4.99 Å². The van der Waals surface area contributed by atoms with Crippen LogP contribution in [0.3, 0.4) is 0 Å². The number of amidine groups is 1. The molecule has 12 aromatic carbocycles. The van der Waals surface area contributed by atoms with Gasteiger partial charge in [0.15, 0.2) is 5.82 Å². The Morgan fingerprint density at radius 2 is 1.01 bits per heavy atom. The summed E-state index contributed by atoms with van der Waals surface area (Å²) >= 11 is 0. The number of aliphatic imine (C=N–C) groups is 1. The number of hydrogen-bond donors (Lipinski definition) is 2. The smallest absolute Gasteiger partial charge is 0.233 e. The van der Waals surface area contributed by atoms with E-state index in [2.05, 4.69) is 268 Å². The van der Waals surface area contributed by atoms with Crippen LogP contribution in [0.1, 0.15) is 24.0 Å². The largest absolute Gasteiger partial charge is 0.455 e. The molecule has 1 aliphatic carbocycles. The van der Waals surface area contributed by atoms with Gasteiger partial charge in [-0.3, -0.25) is 5.32 Å². The lowest BCUT2D eigenvalue weighted by molar-refractivity contribution is -0.434. The van der Waals surface area contributed by atoms with Crippen LogP contribution in [-0.2, 0) is 0 Å². The number of allylic oxidation sites excluding steroid dienone is 4. The van der Waals surface area contributed by atoms with Crippen LogP contribution in [0.15, 0.2) is 312 Å². The Kier molecular flexibility index (Phi) is 11.9. The maximum atomic E-state index is 9.49. The summed E-state index contributed by atoms with van der Waals surface area (Å²) in [5.41, 5.74) is 24.1. The number of para-hydroxylation sites is 6. The minimum absolute atomic E-state index is 0.431. The van der Waals surface area contributed by atoms with E-state index in [1.54, 1.807) is 0 Å². The molecule has 7 heterocycles. The van der Waals surface area contributed by atoms with Gasteiger partial charge in [0.25, 0.3) is 0 Å². The van der Waals surface area contributed by atoms with E-state index in [0.717, 1.165) is 152 Å². The van der Waals surface area contributed by atoms with Crippen molar-refractivity contribution >= 4 is 132 Å². The molecule has 10 heteroatoms. The summed E-state index contributed by atoms with van der Waals surface area (Å²) in [5.74, 6) is 1.69. The molecule has 3 N–H and O–H groups in total. The summed E-state index contributed by atoms with van der Waals surface area (Å²) in [7, 11) is 0. The van der Waals surface area contributed by atoms with E-state index in [4.69, 9.17) is 19.5 Å². The van der Waals surface area contributed by atoms with Crippen LogP contribution in [0.5, 0.6) is 0 Å². The molecule has 0 saturated carbocycles. The third-order valence-electron chi connectivity index (χ3n) is 19.8. The van der Waals surface area contributed by atoms with Crippen LogP contribution in [0.4, 0.5) is 5.69 Å². The van der Waals surface area contributed by atoms with Crippen LogP contribution >= 0.6 is 0 Å². The van der Waals surface area contributed by atoms with Gasteiger partial charge in [0, 0.05) is 93.9 Å². The highest BCUT2D eigenvalue weighted by Crippen LogP contribution is 2.45. The van der Waals surface area contributed by atoms with Crippen LogP contribution in [0.25, 0.3) is 160 Å². The van der Waals surface area contributed by atoms with Crippen molar-refractivity contribution < 1.29 is 9.73 Å². The van der Waals surface area contributed by atoms with E-state index >= 15 is 0 Å². The summed E-state index contributed by atoms with van der Waals surface area (Å²) in [5, 5.41) is 27.1. The predicted molar refractivity (Wildman–Crippen MR) is 394 cm³/mol. The number of benzene rings is 12. The number of furan rings is 1. The lowest BCUT2D eigenvalue weighted by atomic mass is 9.95. The molecule has 0 radical (unpaired) electrons. The molecule has 0 bridgehead atoms. The Bertz CT molecular complexity index is 6470. The molecule has 0 saturated heterocycles. The Balaban J connectivity index is 0.672. The highest BCUT2D eigenvalue weighted by molar-refractivity contribution is 6.21. The SMILES string of the molecule is N=C(C=C1[NH2+]C(C2=CC=C(n3c4ccccc4c4cc5c(cc43)c3ccccc3n5-c3ccccc3)CC2)=Nc2ccc(-c3cccc4c3oc3cc5c6ccccc6n(-c6ccc(-c7nc8ccccc8c8cc(-c9ccccc9)nn78)cc6)c5cc34)cc21)c1ccccc1. The second-order valence-corrected chi connectivity index (χ2v) is 25.2. The van der Waals surface area contributed by atoms with Gasteiger partial charge in [-0.1, -0.05) is 176 Å². The Hall–Kier alpha value is -12.8. The molecule has 0 fully saturated rings. The summed E-state index contributed by atoms with van der Waals surface area (Å²) < 4.78 is 16.3. The van der Waals surface area contributed by atoms with Crippen molar-refractivity contribution in [2.75, 3.05) is 0 Å². The van der Waals surface area contributed by atoms with E-state index in [0.29, 0.717) is 5.71 Å². The fourth-order valence-corrected chi connectivity index (χ4v) is 15.3. The molecule has 18 aromatic rings. The molecule has 0 amide bonds. The Labute approximate surface area is 549 Å². The van der Waals surface area contributed by atoms with Gasteiger partial charge >= 0.3 is 0 Å². The summed E-state index contributed by atoms with van der Waals surface area (Å²) in [6.45, 7) is 0. The first-order valence-corrected chi connectivity index (χ1v) is 32.7. The molecule has 10 nitrogen and oxygen atoms in total. The van der Waals surface area contributed by atoms with E-state index in [1.807, 2.05) is 53.1 Å². The number of fused-ring (bicyclic) bond motifs is 16. The van der Waals surface area contributed by atoms with Crippen molar-refractivity contribution in [2.45, 2.75) is 12.8 Å². The number of aromatic nitrogens is 6. The van der Waals surface area contributed by atoms with Gasteiger partial charge < -0.3 is 23.5 Å². The summed E-state index contributed by atoms with van der Waals surface area (Å²) in [6.07, 6.45) is 8.19. The number of rotatable bonds is 9. The quantitative estimate of drug-likeness (QED) is 0.140. The fraction of sp³-hybridized carbons (Fsp3) is 0.0233. The van der Waals surface area contributed by atoms with Gasteiger partial charge in [0.05, 0.1) is 66.8 Å². The molecule has 0 unspecified atom stereocenters. The molecule has 2 aliphatic rings. The number of nitrogens with two attached hydrogens (primary N) is 1. The minimum Gasteiger partial charge on any atom is -0.455 e. The Morgan fingerprint density at radius 3 is 1.71 bits per heavy atom. The zero-order chi connectivity index (χ0) is 63.1. The Morgan fingerprint density at radius 1 is 0.427 bits per heavy atom. The van der Waals surface area contributed by atoms with E-state index in [1.165, 1.54) is 49.3 Å². The second-order valence-electron chi connectivity index (χ2n) is 25.2. The molecule has 96 heavy (non-hydrogen) atoms. The topological polar surface area (TPSA) is 111 Å². The molecule has 0 spiro atoms. The number of nitrogens with zero attached hydrogens (tertiary/aromatic N) is 7. The zero-order valence-electron chi connectivity index (χ0n) is 51.8. The minimum atomic E-state index is 0.431. The predicted octanol–water partition coefficient (Wildman–Crippen LogP) is 20.4. The third kappa shape index (κ3) is 8.35. The molecule has 0 atom stereocenters. The maximum Gasteiger partial charge on any atom is 0.233 e. The van der Waals surface area contributed by atoms with E-state index in [-0.39, 0.29) is 0 Å². The van der Waals surface area contributed by atoms with Crippen LogP contribution in [-0.4, -0.2) is 39.8 Å². The van der Waals surface area contributed by atoms with Crippen LogP contribution in [0, 0.1) is 5.41 Å². The standard InChI is InChI=1S/C86H55N9O/c87-71(52-19-4-1-5-20-52)50-75-70-45-56(39-44-73(70)88-85(89-75)54-35-40-58(41-36-54)93-77-33-16-12-26-62(77)67-46-79-66(47-80(67)93)61-25-11-15-32-76(61)92(79)57-23-8-3-9-24-57)60-29-18-30-64-69-48-81-68(49-83(69)96-84(60)64)63-27-13-17-34-78(63)94(81)59-42-37-55(38-43-59)86-90-72-31-14-10-28-65(72)82-51-74(91-95(82)86)53-21-6-2-7-22-53/h1-35,37-40,42-51,87H,36,41H2,(H,88,89)/p+1. The van der Waals surface area contributed by atoms with Gasteiger partial charge in [0.2, 0.25) is 5.84 Å². The van der Waals surface area contributed by atoms with Crippen molar-refractivity contribution in [3.05, 3.63) is 314 Å². The first-order valence-electron chi connectivity index (χ1n) is 32.7. The molecule has 6 aromatic heterocycles. The van der Waals surface area contributed by atoms with Crippen LogP contribution in [0.2, 0.25) is 0 Å². The second kappa shape index (κ2) is 21.1. The van der Waals surface area contributed by atoms with Crippen molar-refractivity contribution in [1.82, 2.24) is 28.3 Å². The zero-order valence-corrected chi connectivity index (χ0v) is 51.8. The molecular weight excluding hydrogens is 1180 g/mol. The molecular formula is C86H56N9O+. The average Bonchev–Trinajstić information content (AvgIpc) is 1.56. The van der Waals surface area contributed by atoms with Crippen molar-refractivity contribution in [3.63, 3.8) is 0 Å². The first kappa shape index (κ1) is 53.9. The van der Waals surface area contributed by atoms with Gasteiger partial charge in [-0.05, 0) is 139 Å². The normalized spacial score (nSPS) is 14.0. The van der Waals surface area contributed by atoms with Crippen molar-refractivity contribution in [1.29, 1.82) is 5.41 Å². The molecule has 450 valence electrons. The summed E-state index contributed by atoms with van der Waals surface area (Å²) in [6, 6.07) is 98.8. The third-order valence-corrected chi connectivity index (χ3v) is 19.8. The lowest BCUT2D eigenvalue weighted by Gasteiger charge is -2.21. The lowest BCUT2D eigenvalue weighted by Crippen LogP contribution is -2.86. The maximum absolute atomic E-state index is 9.49. The van der Waals surface area contributed by atoms with Gasteiger partial charge in [-0.25, -0.2) is 9.50 Å². The molecule has 20 rings (SSSR count). The van der Waals surface area contributed by atoms with Crippen molar-refractivity contribution in [3.8, 4) is 45.1 Å². The van der Waals surface area contributed by atoms with Gasteiger partial charge in [0.1, 0.15) is 16.9 Å². The van der Waals surface area contributed by atoms with Crippen LogP contribution < -0.4 is 5.32 Å². The first-order chi connectivity index (χ1) is 47.5. The number of quaternary nitrogens is 1.